The summed E-state index contributed by atoms with van der Waals surface area (Å²) in [7, 11) is 3.02. The van der Waals surface area contributed by atoms with Crippen LogP contribution in [-0.4, -0.2) is 43.2 Å². The fraction of sp³-hybridized carbons (Fsp3) is 0.429. The molecule has 9 nitrogen and oxygen atoms in total. The molecule has 2 unspecified atom stereocenters. The van der Waals surface area contributed by atoms with Crippen LogP contribution in [0.5, 0.6) is 11.5 Å². The Hall–Kier alpha value is -3.54. The van der Waals surface area contributed by atoms with Crippen LogP contribution in [0.3, 0.4) is 0 Å². The molecule has 3 heterocycles. The number of H-pyrrole nitrogens is 1. The maximum atomic E-state index is 13.2. The van der Waals surface area contributed by atoms with Gasteiger partial charge in [0.25, 0.3) is 5.56 Å². The highest BCUT2D eigenvalue weighted by Gasteiger charge is 2.42. The summed E-state index contributed by atoms with van der Waals surface area (Å²) in [5.41, 5.74) is 0.390. The maximum Gasteiger partial charge on any atom is 0.258 e. The van der Waals surface area contributed by atoms with Crippen molar-refractivity contribution in [1.29, 1.82) is 5.26 Å². The molecule has 9 heteroatoms. The summed E-state index contributed by atoms with van der Waals surface area (Å²) in [5, 5.41) is 12.4. The van der Waals surface area contributed by atoms with Gasteiger partial charge in [-0.2, -0.15) is 10.2 Å². The van der Waals surface area contributed by atoms with Crippen LogP contribution in [0.2, 0.25) is 0 Å². The molecule has 0 spiro atoms. The highest BCUT2D eigenvalue weighted by Crippen LogP contribution is 2.43. The predicted octanol–water partition coefficient (Wildman–Crippen LogP) is 2.00. The Labute approximate surface area is 173 Å². The average Bonchev–Trinajstić information content (AvgIpc) is 2.78. The number of methoxy groups -OCH3 is 2. The van der Waals surface area contributed by atoms with E-state index in [2.05, 4.69) is 15.3 Å². The van der Waals surface area contributed by atoms with Crippen molar-refractivity contribution in [2.75, 3.05) is 37.5 Å². The van der Waals surface area contributed by atoms with E-state index in [1.807, 2.05) is 11.0 Å². The predicted molar refractivity (Wildman–Crippen MR) is 110 cm³/mol. The van der Waals surface area contributed by atoms with Crippen molar-refractivity contribution in [1.82, 2.24) is 9.97 Å². The lowest BCUT2D eigenvalue weighted by Crippen LogP contribution is -2.40. The van der Waals surface area contributed by atoms with Crippen LogP contribution < -0.4 is 25.2 Å². The van der Waals surface area contributed by atoms with E-state index in [1.54, 1.807) is 18.2 Å². The summed E-state index contributed by atoms with van der Waals surface area (Å²) in [6, 6.07) is 7.14. The zero-order valence-electron chi connectivity index (χ0n) is 16.9. The first-order valence-corrected chi connectivity index (χ1v) is 9.89. The zero-order chi connectivity index (χ0) is 21.3. The Morgan fingerprint density at radius 2 is 1.93 bits per heavy atom. The molecule has 2 aromatic rings. The third kappa shape index (κ3) is 3.34. The van der Waals surface area contributed by atoms with Crippen LogP contribution in [0, 0.1) is 17.2 Å². The fourth-order valence-corrected chi connectivity index (χ4v) is 4.17. The van der Waals surface area contributed by atoms with E-state index in [9.17, 15) is 14.9 Å². The smallest absolute Gasteiger partial charge is 0.258 e. The van der Waals surface area contributed by atoms with Crippen molar-refractivity contribution in [3.8, 4) is 17.6 Å². The summed E-state index contributed by atoms with van der Waals surface area (Å²) in [6.45, 7) is 1.59. The number of aromatic amines is 1. The molecule has 4 rings (SSSR count). The molecule has 0 aliphatic carbocycles. The standard InChI is InChI=1S/C21H23N5O4/c1-29-12-6-7-15(30-2)13(10-12)16-14(11-22)19(27)23-18-17(16)20(28)25-21(24-18)26-8-4-3-5-9-26/h6-7,10,14,16H,3-5,8-9H2,1-2H3,(H2,23,24,25,27,28). The summed E-state index contributed by atoms with van der Waals surface area (Å²) < 4.78 is 10.8. The van der Waals surface area contributed by atoms with E-state index >= 15 is 0 Å². The second-order valence-electron chi connectivity index (χ2n) is 7.38. The quantitative estimate of drug-likeness (QED) is 0.792. The molecule has 2 aliphatic heterocycles. The van der Waals surface area contributed by atoms with Gasteiger partial charge in [-0.1, -0.05) is 0 Å². The van der Waals surface area contributed by atoms with Crippen LogP contribution in [0.1, 0.15) is 36.3 Å². The lowest BCUT2D eigenvalue weighted by Gasteiger charge is -2.31. The molecule has 1 saturated heterocycles. The van der Waals surface area contributed by atoms with Crippen molar-refractivity contribution >= 4 is 17.7 Å². The van der Waals surface area contributed by atoms with Gasteiger partial charge in [-0.3, -0.25) is 14.6 Å². The van der Waals surface area contributed by atoms with Crippen LogP contribution in [0.4, 0.5) is 11.8 Å². The number of nitrogens with one attached hydrogen (secondary N) is 2. The monoisotopic (exact) mass is 409 g/mol. The summed E-state index contributed by atoms with van der Waals surface area (Å²) >= 11 is 0. The third-order valence-corrected chi connectivity index (χ3v) is 5.68. The number of carbonyl (C=O) groups excluding carboxylic acids is 1. The number of amides is 1. The number of piperidine rings is 1. The Balaban J connectivity index is 1.89. The Bertz CT molecular complexity index is 1070. The van der Waals surface area contributed by atoms with Gasteiger partial charge in [-0.05, 0) is 37.5 Å². The second-order valence-corrected chi connectivity index (χ2v) is 7.38. The number of nitrogens with zero attached hydrogens (tertiary/aromatic N) is 3. The van der Waals surface area contributed by atoms with Crippen molar-refractivity contribution in [2.24, 2.45) is 5.92 Å². The summed E-state index contributed by atoms with van der Waals surface area (Å²) in [5.74, 6) is -0.831. The number of carbonyl (C=O) groups is 1. The van der Waals surface area contributed by atoms with Crippen molar-refractivity contribution in [2.45, 2.75) is 25.2 Å². The van der Waals surface area contributed by atoms with Gasteiger partial charge in [0.2, 0.25) is 11.9 Å². The first-order chi connectivity index (χ1) is 14.6. The first kappa shape index (κ1) is 19.8. The number of anilines is 2. The number of hydrogen-bond acceptors (Lipinski definition) is 7. The molecule has 0 radical (unpaired) electrons. The number of benzene rings is 1. The molecule has 1 fully saturated rings. The molecular weight excluding hydrogens is 386 g/mol. The number of fused-ring (bicyclic) bond motifs is 1. The van der Waals surface area contributed by atoms with E-state index in [0.717, 1.165) is 32.4 Å². The SMILES string of the molecule is COc1ccc(OC)c(C2c3c(nc(N4CCCCC4)[nH]c3=O)NC(=O)C2C#N)c1. The molecule has 2 aliphatic rings. The lowest BCUT2D eigenvalue weighted by molar-refractivity contribution is -0.119. The van der Waals surface area contributed by atoms with Gasteiger partial charge in [-0.25, -0.2) is 0 Å². The Morgan fingerprint density at radius 3 is 2.60 bits per heavy atom. The van der Waals surface area contributed by atoms with E-state index in [1.165, 1.54) is 14.2 Å². The summed E-state index contributed by atoms with van der Waals surface area (Å²) in [4.78, 5) is 35.3. The molecule has 0 bridgehead atoms. The maximum absolute atomic E-state index is 13.2. The molecule has 30 heavy (non-hydrogen) atoms. The zero-order valence-corrected chi connectivity index (χ0v) is 16.9. The van der Waals surface area contributed by atoms with E-state index in [4.69, 9.17) is 9.47 Å². The number of aromatic nitrogens is 2. The van der Waals surface area contributed by atoms with Gasteiger partial charge in [0.1, 0.15) is 23.2 Å². The molecular formula is C21H23N5O4. The number of hydrogen-bond donors (Lipinski definition) is 2. The minimum atomic E-state index is -1.11. The fourth-order valence-electron chi connectivity index (χ4n) is 4.17. The van der Waals surface area contributed by atoms with E-state index < -0.39 is 17.7 Å². The Kier molecular flexibility index (Phi) is 5.31. The van der Waals surface area contributed by atoms with E-state index in [0.29, 0.717) is 23.0 Å². The van der Waals surface area contributed by atoms with Crippen LogP contribution in [-0.2, 0) is 4.79 Å². The lowest BCUT2D eigenvalue weighted by atomic mass is 9.78. The molecule has 1 amide bonds. The van der Waals surface area contributed by atoms with Crippen molar-refractivity contribution < 1.29 is 14.3 Å². The molecule has 2 atom stereocenters. The van der Waals surface area contributed by atoms with Crippen molar-refractivity contribution in [3.05, 3.63) is 39.7 Å². The Morgan fingerprint density at radius 1 is 1.17 bits per heavy atom. The molecule has 1 aromatic carbocycles. The van der Waals surface area contributed by atoms with E-state index in [-0.39, 0.29) is 16.9 Å². The number of ether oxygens (including phenoxy) is 2. The van der Waals surface area contributed by atoms with Gasteiger partial charge in [0.15, 0.2) is 0 Å². The van der Waals surface area contributed by atoms with Crippen LogP contribution in [0.25, 0.3) is 0 Å². The molecule has 2 N–H and O–H groups in total. The summed E-state index contributed by atoms with van der Waals surface area (Å²) in [6.07, 6.45) is 3.19. The topological polar surface area (TPSA) is 120 Å². The largest absolute Gasteiger partial charge is 0.497 e. The molecule has 156 valence electrons. The van der Waals surface area contributed by atoms with Crippen molar-refractivity contribution in [3.63, 3.8) is 0 Å². The highest BCUT2D eigenvalue weighted by atomic mass is 16.5. The number of rotatable bonds is 4. The molecule has 1 aromatic heterocycles. The third-order valence-electron chi connectivity index (χ3n) is 5.68. The van der Waals surface area contributed by atoms with Gasteiger partial charge in [0.05, 0.1) is 25.9 Å². The number of nitriles is 1. The molecule has 0 saturated carbocycles. The minimum Gasteiger partial charge on any atom is -0.497 e. The first-order valence-electron chi connectivity index (χ1n) is 9.89. The normalized spacial score (nSPS) is 20.7. The highest BCUT2D eigenvalue weighted by molar-refractivity contribution is 5.98. The van der Waals surface area contributed by atoms with Crippen LogP contribution in [0.15, 0.2) is 23.0 Å². The van der Waals surface area contributed by atoms with Gasteiger partial charge in [0, 0.05) is 24.6 Å². The second kappa shape index (κ2) is 8.06. The van der Waals surface area contributed by atoms with Gasteiger partial charge >= 0.3 is 0 Å². The van der Waals surface area contributed by atoms with Gasteiger partial charge < -0.3 is 19.7 Å². The minimum absolute atomic E-state index is 0.186. The van der Waals surface area contributed by atoms with Crippen LogP contribution >= 0.6 is 0 Å². The van der Waals surface area contributed by atoms with Gasteiger partial charge in [-0.15, -0.1) is 0 Å². The average molecular weight is 409 g/mol.